The van der Waals surface area contributed by atoms with Crippen molar-refractivity contribution < 1.29 is 9.84 Å². The van der Waals surface area contributed by atoms with E-state index in [2.05, 4.69) is 5.10 Å². The maximum absolute atomic E-state index is 9.99. The van der Waals surface area contributed by atoms with Crippen LogP contribution in [0.4, 0.5) is 0 Å². The molecule has 25 heavy (non-hydrogen) atoms. The molecule has 0 unspecified atom stereocenters. The Morgan fingerprint density at radius 3 is 2.48 bits per heavy atom. The van der Waals surface area contributed by atoms with Crippen LogP contribution in [0, 0.1) is 20.8 Å². The molecule has 130 valence electrons. The fraction of sp³-hybridized carbons (Fsp3) is 0.250. The molecular weight excluding hydrogens is 336 g/mol. The Balaban J connectivity index is 1.84. The predicted octanol–water partition coefficient (Wildman–Crippen LogP) is 4.95. The fourth-order valence-corrected chi connectivity index (χ4v) is 2.99. The van der Waals surface area contributed by atoms with Gasteiger partial charge in [0, 0.05) is 23.7 Å². The highest BCUT2D eigenvalue weighted by molar-refractivity contribution is 6.30. The number of rotatable bonds is 4. The van der Waals surface area contributed by atoms with E-state index in [-0.39, 0.29) is 5.75 Å². The molecule has 4 nitrogen and oxygen atoms in total. The van der Waals surface area contributed by atoms with Crippen LogP contribution in [0.1, 0.15) is 22.3 Å². The number of benzene rings is 2. The third-order valence-corrected chi connectivity index (χ3v) is 4.93. The van der Waals surface area contributed by atoms with E-state index in [1.54, 1.807) is 10.7 Å². The van der Waals surface area contributed by atoms with Crippen LogP contribution in [0.25, 0.3) is 11.3 Å². The third kappa shape index (κ3) is 3.35. The SMILES string of the molecule is Cc1cc(-c2nn(C)c(Cl)c2C)ccc1OCc1c(C)cccc1O. The molecule has 0 aliphatic rings. The van der Waals surface area contributed by atoms with E-state index in [0.717, 1.165) is 39.3 Å². The van der Waals surface area contributed by atoms with Crippen LogP contribution in [0.5, 0.6) is 11.5 Å². The first kappa shape index (κ1) is 17.4. The number of hydrogen-bond donors (Lipinski definition) is 1. The zero-order valence-electron chi connectivity index (χ0n) is 14.8. The number of halogens is 1. The number of hydrogen-bond acceptors (Lipinski definition) is 3. The second-order valence-corrected chi connectivity index (χ2v) is 6.59. The van der Waals surface area contributed by atoms with Crippen molar-refractivity contribution in [3.63, 3.8) is 0 Å². The van der Waals surface area contributed by atoms with Gasteiger partial charge < -0.3 is 9.84 Å². The Bertz CT molecular complexity index is 911. The van der Waals surface area contributed by atoms with E-state index in [4.69, 9.17) is 16.3 Å². The summed E-state index contributed by atoms with van der Waals surface area (Å²) >= 11 is 6.22. The van der Waals surface area contributed by atoms with Crippen LogP contribution in [0.2, 0.25) is 5.15 Å². The fourth-order valence-electron chi connectivity index (χ4n) is 2.87. The third-order valence-electron chi connectivity index (χ3n) is 4.40. The lowest BCUT2D eigenvalue weighted by atomic mass is 10.1. The van der Waals surface area contributed by atoms with Gasteiger partial charge in [-0.25, -0.2) is 0 Å². The van der Waals surface area contributed by atoms with Crippen molar-refractivity contribution in [3.8, 4) is 22.8 Å². The zero-order valence-corrected chi connectivity index (χ0v) is 15.6. The molecule has 1 heterocycles. The van der Waals surface area contributed by atoms with Gasteiger partial charge in [0.2, 0.25) is 0 Å². The lowest BCUT2D eigenvalue weighted by Crippen LogP contribution is -2.00. The van der Waals surface area contributed by atoms with E-state index < -0.39 is 0 Å². The lowest BCUT2D eigenvalue weighted by Gasteiger charge is -2.13. The first-order chi connectivity index (χ1) is 11.9. The number of aryl methyl sites for hydroxylation is 3. The van der Waals surface area contributed by atoms with Gasteiger partial charge in [-0.05, 0) is 56.2 Å². The van der Waals surface area contributed by atoms with Gasteiger partial charge in [-0.3, -0.25) is 4.68 Å². The maximum Gasteiger partial charge on any atom is 0.130 e. The first-order valence-corrected chi connectivity index (χ1v) is 8.46. The van der Waals surface area contributed by atoms with Gasteiger partial charge in [0.05, 0.1) is 5.69 Å². The molecule has 5 heteroatoms. The molecule has 3 aromatic rings. The van der Waals surface area contributed by atoms with Crippen molar-refractivity contribution in [2.45, 2.75) is 27.4 Å². The second kappa shape index (κ2) is 6.81. The minimum atomic E-state index is 0.257. The average Bonchev–Trinajstić information content (AvgIpc) is 2.83. The number of nitrogens with zero attached hydrogens (tertiary/aromatic N) is 2. The molecule has 0 amide bonds. The van der Waals surface area contributed by atoms with Crippen LogP contribution >= 0.6 is 11.6 Å². The molecule has 0 bridgehead atoms. The summed E-state index contributed by atoms with van der Waals surface area (Å²) in [5.74, 6) is 1.04. The van der Waals surface area contributed by atoms with Crippen molar-refractivity contribution in [1.29, 1.82) is 0 Å². The van der Waals surface area contributed by atoms with Gasteiger partial charge in [-0.15, -0.1) is 0 Å². The van der Waals surface area contributed by atoms with Gasteiger partial charge in [-0.1, -0.05) is 23.7 Å². The van der Waals surface area contributed by atoms with Crippen LogP contribution in [0.3, 0.4) is 0 Å². The highest BCUT2D eigenvalue weighted by Crippen LogP contribution is 2.31. The molecule has 0 saturated carbocycles. The van der Waals surface area contributed by atoms with Crippen molar-refractivity contribution in [2.24, 2.45) is 7.05 Å². The summed E-state index contributed by atoms with van der Waals surface area (Å²) in [7, 11) is 1.83. The molecule has 0 radical (unpaired) electrons. The molecule has 0 atom stereocenters. The summed E-state index contributed by atoms with van der Waals surface area (Å²) in [6, 6.07) is 11.4. The van der Waals surface area contributed by atoms with Gasteiger partial charge in [0.15, 0.2) is 0 Å². The predicted molar refractivity (Wildman–Crippen MR) is 100 cm³/mol. The van der Waals surface area contributed by atoms with E-state index in [0.29, 0.717) is 11.8 Å². The lowest BCUT2D eigenvalue weighted by molar-refractivity contribution is 0.296. The number of phenols is 1. The van der Waals surface area contributed by atoms with E-state index >= 15 is 0 Å². The Labute approximate surface area is 152 Å². The van der Waals surface area contributed by atoms with E-state index in [9.17, 15) is 5.11 Å². The first-order valence-electron chi connectivity index (χ1n) is 8.09. The van der Waals surface area contributed by atoms with Gasteiger partial charge >= 0.3 is 0 Å². The molecule has 0 aliphatic carbocycles. The number of phenolic OH excluding ortho intramolecular Hbond substituents is 1. The smallest absolute Gasteiger partial charge is 0.130 e. The monoisotopic (exact) mass is 356 g/mol. The largest absolute Gasteiger partial charge is 0.508 e. The highest BCUT2D eigenvalue weighted by Gasteiger charge is 2.14. The molecular formula is C20H21ClN2O2. The minimum absolute atomic E-state index is 0.257. The molecule has 3 rings (SSSR count). The summed E-state index contributed by atoms with van der Waals surface area (Å²) in [6.07, 6.45) is 0. The topological polar surface area (TPSA) is 47.3 Å². The molecule has 0 aliphatic heterocycles. The molecule has 0 fully saturated rings. The van der Waals surface area contributed by atoms with Crippen LogP contribution < -0.4 is 4.74 Å². The molecule has 0 spiro atoms. The molecule has 1 N–H and O–H groups in total. The van der Waals surface area contributed by atoms with Gasteiger partial charge in [0.1, 0.15) is 23.3 Å². The quantitative estimate of drug-likeness (QED) is 0.719. The minimum Gasteiger partial charge on any atom is -0.508 e. The highest BCUT2D eigenvalue weighted by atomic mass is 35.5. The number of aromatic nitrogens is 2. The van der Waals surface area contributed by atoms with Crippen molar-refractivity contribution in [3.05, 3.63) is 63.8 Å². The van der Waals surface area contributed by atoms with E-state index in [1.807, 2.05) is 58.2 Å². The van der Waals surface area contributed by atoms with Crippen LogP contribution in [-0.4, -0.2) is 14.9 Å². The number of aromatic hydroxyl groups is 1. The van der Waals surface area contributed by atoms with Crippen molar-refractivity contribution >= 4 is 11.6 Å². The van der Waals surface area contributed by atoms with E-state index in [1.165, 1.54) is 0 Å². The summed E-state index contributed by atoms with van der Waals surface area (Å²) in [4.78, 5) is 0. The second-order valence-electron chi connectivity index (χ2n) is 6.23. The number of ether oxygens (including phenoxy) is 1. The zero-order chi connectivity index (χ0) is 18.1. The maximum atomic E-state index is 9.99. The van der Waals surface area contributed by atoms with Gasteiger partial charge in [-0.2, -0.15) is 5.10 Å². The Morgan fingerprint density at radius 2 is 1.88 bits per heavy atom. The normalized spacial score (nSPS) is 10.9. The summed E-state index contributed by atoms with van der Waals surface area (Å²) in [5, 5.41) is 15.1. The molecule has 0 saturated heterocycles. The standard InChI is InChI=1S/C20H21ClN2O2/c1-12-6-5-7-17(24)16(12)11-25-18-9-8-15(10-13(18)2)19-14(3)20(21)23(4)22-19/h5-10,24H,11H2,1-4H3. The Hall–Kier alpha value is -2.46. The Morgan fingerprint density at radius 1 is 1.12 bits per heavy atom. The molecule has 1 aromatic heterocycles. The van der Waals surface area contributed by atoms with Crippen LogP contribution in [-0.2, 0) is 13.7 Å². The van der Waals surface area contributed by atoms with Crippen molar-refractivity contribution in [2.75, 3.05) is 0 Å². The summed E-state index contributed by atoms with van der Waals surface area (Å²) in [5.41, 5.74) is 5.66. The molecule has 2 aromatic carbocycles. The average molecular weight is 357 g/mol. The summed E-state index contributed by atoms with van der Waals surface area (Å²) < 4.78 is 7.60. The van der Waals surface area contributed by atoms with Crippen molar-refractivity contribution in [1.82, 2.24) is 9.78 Å². The summed E-state index contributed by atoms with van der Waals surface area (Å²) in [6.45, 7) is 6.25. The van der Waals surface area contributed by atoms with Gasteiger partial charge in [0.25, 0.3) is 0 Å². The van der Waals surface area contributed by atoms with Crippen LogP contribution in [0.15, 0.2) is 36.4 Å². The Kier molecular flexibility index (Phi) is 4.73.